The lowest BCUT2D eigenvalue weighted by atomic mass is 10.1. The summed E-state index contributed by atoms with van der Waals surface area (Å²) in [6, 6.07) is 15.3. The van der Waals surface area contributed by atoms with Gasteiger partial charge in [-0.3, -0.25) is 0 Å². The first-order valence-corrected chi connectivity index (χ1v) is 6.91. The number of aliphatic hydroxyl groups is 1. The van der Waals surface area contributed by atoms with Crippen LogP contribution in [0.15, 0.2) is 48.5 Å². The SMILES string of the molecule is OCc1ccc(C#Cc2cccc(COOI)c2)cc1. The second-order valence-corrected chi connectivity index (χ2v) is 4.49. The monoisotopic (exact) mass is 380 g/mol. The standard InChI is InChI=1S/C16H13IO3/c17-20-19-12-16-3-1-2-14(10-16)7-4-13-5-8-15(11-18)9-6-13/h1-3,5-6,8-10,18H,11-12H2. The van der Waals surface area contributed by atoms with Gasteiger partial charge in [-0.25, -0.2) is 4.89 Å². The molecule has 0 aromatic heterocycles. The van der Waals surface area contributed by atoms with Gasteiger partial charge >= 0.3 is 0 Å². The Morgan fingerprint density at radius 2 is 1.70 bits per heavy atom. The summed E-state index contributed by atoms with van der Waals surface area (Å²) in [4.78, 5) is 4.88. The van der Waals surface area contributed by atoms with Gasteiger partial charge in [-0.15, -0.1) is 0 Å². The van der Waals surface area contributed by atoms with Crippen molar-refractivity contribution in [1.82, 2.24) is 0 Å². The fourth-order valence-corrected chi connectivity index (χ4v) is 1.79. The molecule has 20 heavy (non-hydrogen) atoms. The van der Waals surface area contributed by atoms with Gasteiger partial charge in [0.1, 0.15) is 6.61 Å². The molecule has 2 aromatic carbocycles. The van der Waals surface area contributed by atoms with Crippen LogP contribution >= 0.6 is 23.0 Å². The van der Waals surface area contributed by atoms with E-state index in [0.29, 0.717) is 6.61 Å². The minimum atomic E-state index is 0.0502. The molecule has 0 fully saturated rings. The van der Waals surface area contributed by atoms with Crippen molar-refractivity contribution in [1.29, 1.82) is 0 Å². The van der Waals surface area contributed by atoms with E-state index < -0.39 is 0 Å². The first-order chi connectivity index (χ1) is 9.81. The van der Waals surface area contributed by atoms with Crippen LogP contribution in [0.1, 0.15) is 22.3 Å². The second-order valence-electron chi connectivity index (χ2n) is 4.13. The minimum absolute atomic E-state index is 0.0502. The lowest BCUT2D eigenvalue weighted by molar-refractivity contribution is -0.177. The summed E-state index contributed by atoms with van der Waals surface area (Å²) in [7, 11) is 0. The van der Waals surface area contributed by atoms with Crippen LogP contribution in [-0.4, -0.2) is 5.11 Å². The molecule has 0 heterocycles. The number of benzene rings is 2. The third-order valence-electron chi connectivity index (χ3n) is 2.68. The highest BCUT2D eigenvalue weighted by Crippen LogP contribution is 2.08. The molecule has 2 aromatic rings. The Kier molecular flexibility index (Phi) is 6.02. The molecule has 0 saturated heterocycles. The van der Waals surface area contributed by atoms with Crippen LogP contribution in [0.5, 0.6) is 0 Å². The van der Waals surface area contributed by atoms with Crippen molar-refractivity contribution in [3.63, 3.8) is 0 Å². The van der Waals surface area contributed by atoms with Gasteiger partial charge in [0.25, 0.3) is 0 Å². The molecule has 0 aliphatic rings. The number of aliphatic hydroxyl groups excluding tert-OH is 1. The second kappa shape index (κ2) is 8.02. The predicted octanol–water partition coefficient (Wildman–Crippen LogP) is 3.38. The van der Waals surface area contributed by atoms with Gasteiger partial charge in [0.2, 0.25) is 0 Å². The molecule has 2 rings (SSSR count). The zero-order valence-corrected chi connectivity index (χ0v) is 12.8. The molecular formula is C16H13IO3. The lowest BCUT2D eigenvalue weighted by Crippen LogP contribution is -1.89. The Balaban J connectivity index is 2.11. The number of rotatable bonds is 4. The van der Waals surface area contributed by atoms with Crippen LogP contribution in [0.3, 0.4) is 0 Å². The van der Waals surface area contributed by atoms with Gasteiger partial charge in [-0.05, 0) is 35.4 Å². The molecule has 0 spiro atoms. The van der Waals surface area contributed by atoms with Crippen molar-refractivity contribution in [2.75, 3.05) is 0 Å². The number of hydrogen-bond acceptors (Lipinski definition) is 3. The average Bonchev–Trinajstić information content (AvgIpc) is 2.52. The lowest BCUT2D eigenvalue weighted by Gasteiger charge is -1.99. The van der Waals surface area contributed by atoms with E-state index in [0.717, 1.165) is 22.3 Å². The fraction of sp³-hybridized carbons (Fsp3) is 0.125. The maximum absolute atomic E-state index is 8.98. The van der Waals surface area contributed by atoms with Crippen LogP contribution in [-0.2, 0) is 21.3 Å². The minimum Gasteiger partial charge on any atom is -0.392 e. The Morgan fingerprint density at radius 1 is 0.950 bits per heavy atom. The van der Waals surface area contributed by atoms with E-state index in [-0.39, 0.29) is 6.61 Å². The molecule has 3 nitrogen and oxygen atoms in total. The molecule has 0 saturated carbocycles. The molecule has 0 aliphatic heterocycles. The van der Waals surface area contributed by atoms with Gasteiger partial charge in [-0.2, -0.15) is 3.22 Å². The van der Waals surface area contributed by atoms with Crippen molar-refractivity contribution in [2.24, 2.45) is 0 Å². The van der Waals surface area contributed by atoms with Crippen molar-refractivity contribution >= 4 is 23.0 Å². The van der Waals surface area contributed by atoms with E-state index in [9.17, 15) is 0 Å². The third-order valence-corrected chi connectivity index (χ3v) is 2.94. The molecule has 0 amide bonds. The highest BCUT2D eigenvalue weighted by Gasteiger charge is 1.95. The van der Waals surface area contributed by atoms with E-state index in [1.165, 1.54) is 0 Å². The third kappa shape index (κ3) is 4.62. The smallest absolute Gasteiger partial charge is 0.155 e. The van der Waals surface area contributed by atoms with Crippen molar-refractivity contribution in [2.45, 2.75) is 13.2 Å². The zero-order valence-electron chi connectivity index (χ0n) is 10.7. The molecule has 102 valence electrons. The number of hydrogen-bond donors (Lipinski definition) is 1. The van der Waals surface area contributed by atoms with Crippen LogP contribution in [0.2, 0.25) is 0 Å². The quantitative estimate of drug-likeness (QED) is 0.383. The van der Waals surface area contributed by atoms with Crippen LogP contribution in [0.4, 0.5) is 0 Å². The molecule has 4 heteroatoms. The maximum atomic E-state index is 8.98. The summed E-state index contributed by atoms with van der Waals surface area (Å²) in [6.45, 7) is 0.443. The summed E-state index contributed by atoms with van der Waals surface area (Å²) in [5, 5.41) is 8.98. The summed E-state index contributed by atoms with van der Waals surface area (Å²) in [5.74, 6) is 6.19. The van der Waals surface area contributed by atoms with E-state index in [1.807, 2.05) is 48.5 Å². The summed E-state index contributed by atoms with van der Waals surface area (Å²) >= 11 is 1.68. The van der Waals surface area contributed by atoms with Gasteiger partial charge in [0.15, 0.2) is 23.0 Å². The number of halogens is 1. The molecular weight excluding hydrogens is 367 g/mol. The molecule has 0 bridgehead atoms. The van der Waals surface area contributed by atoms with E-state index in [4.69, 9.17) is 9.99 Å². The highest BCUT2D eigenvalue weighted by molar-refractivity contribution is 14.1. The molecule has 0 atom stereocenters. The Bertz CT molecular complexity index is 612. The predicted molar refractivity (Wildman–Crippen MR) is 84.7 cm³/mol. The van der Waals surface area contributed by atoms with Crippen LogP contribution in [0, 0.1) is 11.8 Å². The largest absolute Gasteiger partial charge is 0.392 e. The summed E-state index contributed by atoms with van der Waals surface area (Å²) in [6.07, 6.45) is 0. The van der Waals surface area contributed by atoms with Gasteiger partial charge < -0.3 is 5.11 Å². The summed E-state index contributed by atoms with van der Waals surface area (Å²) in [5.41, 5.74) is 3.72. The van der Waals surface area contributed by atoms with Crippen molar-refractivity contribution < 1.29 is 13.2 Å². The first kappa shape index (κ1) is 15.0. The van der Waals surface area contributed by atoms with Crippen molar-refractivity contribution in [3.05, 3.63) is 70.8 Å². The molecule has 0 aliphatic carbocycles. The molecule has 1 N–H and O–H groups in total. The Labute approximate surface area is 132 Å². The Morgan fingerprint density at radius 3 is 2.40 bits per heavy atom. The average molecular weight is 380 g/mol. The normalized spacial score (nSPS) is 9.90. The first-order valence-electron chi connectivity index (χ1n) is 6.03. The van der Waals surface area contributed by atoms with Crippen molar-refractivity contribution in [3.8, 4) is 11.8 Å². The maximum Gasteiger partial charge on any atom is 0.155 e. The van der Waals surface area contributed by atoms with Gasteiger partial charge in [0.05, 0.1) is 6.61 Å². The van der Waals surface area contributed by atoms with Crippen LogP contribution < -0.4 is 0 Å². The molecule has 0 radical (unpaired) electrons. The van der Waals surface area contributed by atoms with E-state index in [2.05, 4.69) is 15.1 Å². The zero-order chi connectivity index (χ0) is 14.2. The summed E-state index contributed by atoms with van der Waals surface area (Å²) < 4.78 is 4.55. The highest BCUT2D eigenvalue weighted by atomic mass is 127. The van der Waals surface area contributed by atoms with E-state index >= 15 is 0 Å². The van der Waals surface area contributed by atoms with Gasteiger partial charge in [-0.1, -0.05) is 36.1 Å². The topological polar surface area (TPSA) is 38.7 Å². The van der Waals surface area contributed by atoms with Gasteiger partial charge in [0, 0.05) is 11.1 Å². The molecule has 0 unspecified atom stereocenters. The fourth-order valence-electron chi connectivity index (χ4n) is 1.67. The Hall–Kier alpha value is -1.39. The van der Waals surface area contributed by atoms with Crippen LogP contribution in [0.25, 0.3) is 0 Å². The van der Waals surface area contributed by atoms with E-state index in [1.54, 1.807) is 23.0 Å².